The van der Waals surface area contributed by atoms with Gasteiger partial charge >= 0.3 is 6.18 Å². The second-order valence-corrected chi connectivity index (χ2v) is 7.53. The Morgan fingerprint density at radius 1 is 1.14 bits per heavy atom. The number of rotatable bonds is 3. The molecule has 1 aliphatic rings. The Hall–Kier alpha value is -2.41. The molecule has 0 amide bonds. The molecule has 4 rings (SSSR count). The number of hydrogen-bond acceptors (Lipinski definition) is 3. The number of fused-ring (bicyclic) bond motifs is 1. The number of benzene rings is 1. The zero-order valence-electron chi connectivity index (χ0n) is 16.0. The molecular weight excluding hydrogens is 365 g/mol. The third kappa shape index (κ3) is 3.63. The molecule has 1 unspecified atom stereocenters. The van der Waals surface area contributed by atoms with Gasteiger partial charge in [-0.05, 0) is 55.6 Å². The van der Waals surface area contributed by atoms with Gasteiger partial charge in [0.2, 0.25) is 0 Å². The summed E-state index contributed by atoms with van der Waals surface area (Å²) in [5, 5.41) is 5.46. The van der Waals surface area contributed by atoms with E-state index in [0.29, 0.717) is 0 Å². The number of alkyl halides is 3. The lowest BCUT2D eigenvalue weighted by Gasteiger charge is -2.36. The van der Waals surface area contributed by atoms with Crippen molar-refractivity contribution in [3.05, 3.63) is 58.9 Å². The van der Waals surface area contributed by atoms with Gasteiger partial charge in [0.05, 0.1) is 11.3 Å². The second kappa shape index (κ2) is 7.20. The maximum Gasteiger partial charge on any atom is 0.416 e. The number of likely N-dealkylation sites (tertiary alicyclic amines) is 1. The molecule has 1 fully saturated rings. The summed E-state index contributed by atoms with van der Waals surface area (Å²) >= 11 is 0. The molecule has 1 aliphatic heterocycles. The summed E-state index contributed by atoms with van der Waals surface area (Å²) in [6, 6.07) is 7.88. The van der Waals surface area contributed by atoms with Crippen LogP contribution in [-0.2, 0) is 19.8 Å². The van der Waals surface area contributed by atoms with Gasteiger partial charge in [0, 0.05) is 31.2 Å². The van der Waals surface area contributed by atoms with E-state index in [0.717, 1.165) is 60.2 Å². The summed E-state index contributed by atoms with van der Waals surface area (Å²) < 4.78 is 40.4. The summed E-state index contributed by atoms with van der Waals surface area (Å²) in [5.74, 6) is 0. The van der Waals surface area contributed by atoms with E-state index < -0.39 is 11.7 Å². The van der Waals surface area contributed by atoms with Crippen molar-refractivity contribution in [2.45, 2.75) is 44.9 Å². The van der Waals surface area contributed by atoms with Crippen LogP contribution in [0.1, 0.15) is 47.7 Å². The Labute approximate surface area is 162 Å². The normalized spacial score (nSPS) is 18.7. The van der Waals surface area contributed by atoms with Crippen LogP contribution in [-0.4, -0.2) is 26.2 Å². The van der Waals surface area contributed by atoms with Crippen LogP contribution >= 0.6 is 0 Å². The molecule has 7 heteroatoms. The minimum Gasteiger partial charge on any atom is -0.292 e. The number of piperidine rings is 1. The molecule has 3 aromatic rings. The first-order valence-corrected chi connectivity index (χ1v) is 9.52. The molecule has 0 aliphatic carbocycles. The zero-order chi connectivity index (χ0) is 19.9. The Morgan fingerprint density at radius 2 is 1.89 bits per heavy atom. The minimum absolute atomic E-state index is 0.127. The Kier molecular flexibility index (Phi) is 4.87. The lowest BCUT2D eigenvalue weighted by atomic mass is 9.94. The molecule has 0 radical (unpaired) electrons. The maximum absolute atomic E-state index is 12.9. The first kappa shape index (κ1) is 18.9. The van der Waals surface area contributed by atoms with Crippen LogP contribution in [0.5, 0.6) is 0 Å². The lowest BCUT2D eigenvalue weighted by molar-refractivity contribution is -0.137. The van der Waals surface area contributed by atoms with Crippen molar-refractivity contribution < 1.29 is 13.2 Å². The Balaban J connectivity index is 1.58. The molecule has 0 bridgehead atoms. The molecule has 2 aromatic heterocycles. The average Bonchev–Trinajstić information content (AvgIpc) is 2.95. The fraction of sp³-hybridized carbons (Fsp3) is 0.429. The van der Waals surface area contributed by atoms with Crippen LogP contribution in [0.15, 0.2) is 36.5 Å². The van der Waals surface area contributed by atoms with Gasteiger partial charge in [-0.15, -0.1) is 0 Å². The number of halogens is 3. The minimum atomic E-state index is -4.30. The molecule has 1 saturated heterocycles. The van der Waals surface area contributed by atoms with Gasteiger partial charge in [0.1, 0.15) is 0 Å². The zero-order valence-corrected chi connectivity index (χ0v) is 16.0. The van der Waals surface area contributed by atoms with Gasteiger partial charge in [0.25, 0.3) is 0 Å². The van der Waals surface area contributed by atoms with Gasteiger partial charge in [-0.1, -0.05) is 18.6 Å². The van der Waals surface area contributed by atoms with Gasteiger partial charge in [-0.2, -0.15) is 18.3 Å². The highest BCUT2D eigenvalue weighted by Crippen LogP contribution is 2.35. The summed E-state index contributed by atoms with van der Waals surface area (Å²) in [7, 11) is 1.88. The summed E-state index contributed by atoms with van der Waals surface area (Å²) in [6.07, 6.45) is 0.711. The molecule has 1 atom stereocenters. The molecule has 28 heavy (non-hydrogen) atoms. The maximum atomic E-state index is 12.9. The van der Waals surface area contributed by atoms with Crippen LogP contribution < -0.4 is 0 Å². The highest BCUT2D eigenvalue weighted by atomic mass is 19.4. The molecular formula is C21H23F3N4. The van der Waals surface area contributed by atoms with E-state index in [1.165, 1.54) is 12.1 Å². The monoisotopic (exact) mass is 388 g/mol. The molecule has 148 valence electrons. The standard InChI is InChI=1S/C21H23F3N4/c1-14-18-11-15(12-25-20(18)27(2)26-14)13-28-10-4-3-5-19(28)16-6-8-17(9-7-16)21(22,23)24/h6-9,11-12,19H,3-5,10,13H2,1-2H3. The van der Waals surface area contributed by atoms with E-state index in [-0.39, 0.29) is 6.04 Å². The van der Waals surface area contributed by atoms with Gasteiger partial charge in [0.15, 0.2) is 5.65 Å². The fourth-order valence-corrected chi connectivity index (χ4v) is 4.12. The SMILES string of the molecule is Cc1nn(C)c2ncc(CN3CCCCC3c3ccc(C(F)(F)F)cc3)cc12. The lowest BCUT2D eigenvalue weighted by Crippen LogP contribution is -2.33. The highest BCUT2D eigenvalue weighted by molar-refractivity contribution is 5.78. The van der Waals surface area contributed by atoms with Crippen molar-refractivity contribution in [2.24, 2.45) is 7.05 Å². The van der Waals surface area contributed by atoms with Crippen molar-refractivity contribution >= 4 is 11.0 Å². The highest BCUT2D eigenvalue weighted by Gasteiger charge is 2.31. The third-order valence-corrected chi connectivity index (χ3v) is 5.54. The summed E-state index contributed by atoms with van der Waals surface area (Å²) in [6.45, 7) is 3.62. The van der Waals surface area contributed by atoms with Crippen molar-refractivity contribution in [1.29, 1.82) is 0 Å². The number of nitrogens with zero attached hydrogens (tertiary/aromatic N) is 4. The van der Waals surface area contributed by atoms with E-state index in [4.69, 9.17) is 0 Å². The first-order chi connectivity index (χ1) is 13.3. The van der Waals surface area contributed by atoms with E-state index in [1.807, 2.05) is 20.2 Å². The smallest absolute Gasteiger partial charge is 0.292 e. The Bertz CT molecular complexity index is 976. The quantitative estimate of drug-likeness (QED) is 0.632. The molecule has 4 nitrogen and oxygen atoms in total. The summed E-state index contributed by atoms with van der Waals surface area (Å²) in [5.41, 5.74) is 3.26. The van der Waals surface area contributed by atoms with Crippen molar-refractivity contribution in [3.8, 4) is 0 Å². The molecule has 0 spiro atoms. The van der Waals surface area contributed by atoms with E-state index in [1.54, 1.807) is 16.8 Å². The summed E-state index contributed by atoms with van der Waals surface area (Å²) in [4.78, 5) is 6.90. The average molecular weight is 388 g/mol. The molecule has 0 saturated carbocycles. The van der Waals surface area contributed by atoms with Gasteiger partial charge < -0.3 is 0 Å². The largest absolute Gasteiger partial charge is 0.416 e. The van der Waals surface area contributed by atoms with Gasteiger partial charge in [-0.25, -0.2) is 4.98 Å². The van der Waals surface area contributed by atoms with E-state index in [2.05, 4.69) is 21.0 Å². The van der Waals surface area contributed by atoms with Crippen LogP contribution in [0.4, 0.5) is 13.2 Å². The van der Waals surface area contributed by atoms with Crippen molar-refractivity contribution in [1.82, 2.24) is 19.7 Å². The van der Waals surface area contributed by atoms with E-state index in [9.17, 15) is 13.2 Å². The van der Waals surface area contributed by atoms with Crippen LogP contribution in [0.25, 0.3) is 11.0 Å². The molecule has 3 heterocycles. The second-order valence-electron chi connectivity index (χ2n) is 7.53. The van der Waals surface area contributed by atoms with Crippen LogP contribution in [0, 0.1) is 6.92 Å². The van der Waals surface area contributed by atoms with E-state index >= 15 is 0 Å². The van der Waals surface area contributed by atoms with Gasteiger partial charge in [-0.3, -0.25) is 9.58 Å². The number of hydrogen-bond donors (Lipinski definition) is 0. The van der Waals surface area contributed by atoms with Crippen LogP contribution in [0.3, 0.4) is 0 Å². The van der Waals surface area contributed by atoms with Crippen molar-refractivity contribution in [2.75, 3.05) is 6.54 Å². The number of aromatic nitrogens is 3. The topological polar surface area (TPSA) is 34.0 Å². The van der Waals surface area contributed by atoms with Crippen molar-refractivity contribution in [3.63, 3.8) is 0 Å². The molecule has 0 N–H and O–H groups in total. The predicted octanol–water partition coefficient (Wildman–Crippen LogP) is 5.02. The number of aryl methyl sites for hydroxylation is 2. The Morgan fingerprint density at radius 3 is 2.61 bits per heavy atom. The predicted molar refractivity (Wildman–Crippen MR) is 102 cm³/mol. The third-order valence-electron chi connectivity index (χ3n) is 5.54. The first-order valence-electron chi connectivity index (χ1n) is 9.52. The fourth-order valence-electron chi connectivity index (χ4n) is 4.12. The van der Waals surface area contributed by atoms with Crippen LogP contribution in [0.2, 0.25) is 0 Å². The molecule has 1 aromatic carbocycles. The number of pyridine rings is 1.